The van der Waals surface area contributed by atoms with Crippen molar-refractivity contribution in [2.75, 3.05) is 32.1 Å². The van der Waals surface area contributed by atoms with E-state index in [1.807, 2.05) is 18.2 Å². The van der Waals surface area contributed by atoms with Crippen LogP contribution in [0.3, 0.4) is 0 Å². The first-order valence-corrected chi connectivity index (χ1v) is 11.2. The van der Waals surface area contributed by atoms with Gasteiger partial charge in [-0.3, -0.25) is 4.79 Å². The van der Waals surface area contributed by atoms with Crippen molar-refractivity contribution in [3.05, 3.63) is 64.4 Å². The second-order valence-corrected chi connectivity index (χ2v) is 7.87. The molecule has 0 radical (unpaired) electrons. The standard InChI is InChI=1S/C25H32ClFN2O2/c1-4-14-29(15-5-2)16-6-7-20-17-22(11-12-24(20)31-3)28-25(30)13-9-19-8-10-21(27)18-23(19)26/h8-13,17-18H,4-7,14-16H2,1-3H3,(H,28,30). The summed E-state index contributed by atoms with van der Waals surface area (Å²) in [5.74, 6) is 0.127. The number of benzene rings is 2. The largest absolute Gasteiger partial charge is 0.496 e. The minimum Gasteiger partial charge on any atom is -0.496 e. The second kappa shape index (κ2) is 13.1. The highest BCUT2D eigenvalue weighted by Gasteiger charge is 2.08. The number of rotatable bonds is 12. The molecule has 0 fully saturated rings. The zero-order valence-corrected chi connectivity index (χ0v) is 19.3. The molecule has 2 aromatic carbocycles. The Kier molecular flexibility index (Phi) is 10.5. The summed E-state index contributed by atoms with van der Waals surface area (Å²) in [6.07, 6.45) is 7.16. The van der Waals surface area contributed by atoms with E-state index in [-0.39, 0.29) is 10.9 Å². The number of nitrogens with zero attached hydrogens (tertiary/aromatic N) is 1. The first-order chi connectivity index (χ1) is 15.0. The molecule has 0 unspecified atom stereocenters. The number of hydrogen-bond donors (Lipinski definition) is 1. The lowest BCUT2D eigenvalue weighted by molar-refractivity contribution is -0.111. The number of anilines is 1. The molecule has 0 spiro atoms. The number of amides is 1. The third kappa shape index (κ3) is 8.35. The predicted molar refractivity (Wildman–Crippen MR) is 127 cm³/mol. The maximum absolute atomic E-state index is 13.1. The van der Waals surface area contributed by atoms with Gasteiger partial charge in [-0.2, -0.15) is 0 Å². The van der Waals surface area contributed by atoms with Gasteiger partial charge in [0.05, 0.1) is 12.1 Å². The van der Waals surface area contributed by atoms with Gasteiger partial charge < -0.3 is 15.0 Å². The van der Waals surface area contributed by atoms with E-state index < -0.39 is 5.82 Å². The molecule has 2 aromatic rings. The monoisotopic (exact) mass is 446 g/mol. The minimum absolute atomic E-state index is 0.260. The normalized spacial score (nSPS) is 11.3. The van der Waals surface area contributed by atoms with E-state index in [2.05, 4.69) is 24.1 Å². The maximum Gasteiger partial charge on any atom is 0.248 e. The Balaban J connectivity index is 2.00. The fourth-order valence-corrected chi connectivity index (χ4v) is 3.73. The summed E-state index contributed by atoms with van der Waals surface area (Å²) >= 11 is 6.00. The smallest absolute Gasteiger partial charge is 0.248 e. The van der Waals surface area contributed by atoms with Gasteiger partial charge in [0.25, 0.3) is 0 Å². The van der Waals surface area contributed by atoms with Crippen molar-refractivity contribution in [3.63, 3.8) is 0 Å². The Morgan fingerprint density at radius 2 is 1.87 bits per heavy atom. The summed E-state index contributed by atoms with van der Waals surface area (Å²) in [6, 6.07) is 9.71. The molecule has 4 nitrogen and oxygen atoms in total. The Morgan fingerprint density at radius 3 is 2.52 bits per heavy atom. The quantitative estimate of drug-likeness (QED) is 0.395. The molecule has 0 saturated carbocycles. The lowest BCUT2D eigenvalue weighted by Gasteiger charge is -2.21. The van der Waals surface area contributed by atoms with E-state index in [1.54, 1.807) is 13.2 Å². The third-order valence-corrected chi connectivity index (χ3v) is 5.25. The summed E-state index contributed by atoms with van der Waals surface area (Å²) in [6.45, 7) is 7.69. The number of ether oxygens (including phenoxy) is 1. The molecule has 0 aliphatic carbocycles. The summed E-state index contributed by atoms with van der Waals surface area (Å²) < 4.78 is 18.6. The lowest BCUT2D eigenvalue weighted by Crippen LogP contribution is -2.26. The van der Waals surface area contributed by atoms with Gasteiger partial charge in [0.15, 0.2) is 0 Å². The van der Waals surface area contributed by atoms with Crippen LogP contribution in [0.4, 0.5) is 10.1 Å². The molecular formula is C25H32ClFN2O2. The molecule has 31 heavy (non-hydrogen) atoms. The number of carbonyl (C=O) groups excluding carboxylic acids is 1. The van der Waals surface area contributed by atoms with Crippen molar-refractivity contribution in [2.45, 2.75) is 39.5 Å². The van der Waals surface area contributed by atoms with E-state index in [9.17, 15) is 9.18 Å². The number of nitrogens with one attached hydrogen (secondary N) is 1. The molecule has 0 heterocycles. The van der Waals surface area contributed by atoms with Crippen LogP contribution < -0.4 is 10.1 Å². The predicted octanol–water partition coefficient (Wildman–Crippen LogP) is 6.19. The van der Waals surface area contributed by atoms with Crippen LogP contribution in [0.15, 0.2) is 42.5 Å². The maximum atomic E-state index is 13.1. The van der Waals surface area contributed by atoms with Crippen molar-refractivity contribution in [1.29, 1.82) is 0 Å². The molecule has 1 amide bonds. The van der Waals surface area contributed by atoms with Crippen LogP contribution in [-0.4, -0.2) is 37.6 Å². The molecule has 0 aromatic heterocycles. The molecule has 168 valence electrons. The van der Waals surface area contributed by atoms with Gasteiger partial charge in [-0.1, -0.05) is 31.5 Å². The Labute approximate surface area is 190 Å². The number of halogens is 2. The van der Waals surface area contributed by atoms with Gasteiger partial charge in [0.2, 0.25) is 5.91 Å². The molecule has 0 atom stereocenters. The van der Waals surface area contributed by atoms with Crippen LogP contribution in [0.2, 0.25) is 5.02 Å². The SMILES string of the molecule is CCCN(CCC)CCCc1cc(NC(=O)C=Cc2ccc(F)cc2Cl)ccc1OC. The molecule has 6 heteroatoms. The molecule has 0 aliphatic rings. The fourth-order valence-electron chi connectivity index (χ4n) is 3.50. The van der Waals surface area contributed by atoms with Crippen molar-refractivity contribution in [1.82, 2.24) is 4.90 Å². The number of hydrogen-bond acceptors (Lipinski definition) is 3. The second-order valence-electron chi connectivity index (χ2n) is 7.46. The van der Waals surface area contributed by atoms with E-state index in [1.165, 1.54) is 24.3 Å². The fraction of sp³-hybridized carbons (Fsp3) is 0.400. The number of methoxy groups -OCH3 is 1. The average molecular weight is 447 g/mol. The minimum atomic E-state index is -0.412. The van der Waals surface area contributed by atoms with Crippen LogP contribution in [-0.2, 0) is 11.2 Å². The van der Waals surface area contributed by atoms with Crippen LogP contribution in [0.1, 0.15) is 44.2 Å². The van der Waals surface area contributed by atoms with Gasteiger partial charge in [0.1, 0.15) is 11.6 Å². The van der Waals surface area contributed by atoms with Crippen molar-refractivity contribution < 1.29 is 13.9 Å². The molecular weight excluding hydrogens is 415 g/mol. The van der Waals surface area contributed by atoms with Gasteiger partial charge in [-0.25, -0.2) is 4.39 Å². The summed E-state index contributed by atoms with van der Waals surface area (Å²) in [7, 11) is 1.66. The first-order valence-electron chi connectivity index (χ1n) is 10.8. The Bertz CT molecular complexity index is 880. The van der Waals surface area contributed by atoms with Crippen molar-refractivity contribution >= 4 is 29.3 Å². The van der Waals surface area contributed by atoms with E-state index in [0.29, 0.717) is 11.3 Å². The highest BCUT2D eigenvalue weighted by molar-refractivity contribution is 6.32. The van der Waals surface area contributed by atoms with Crippen LogP contribution >= 0.6 is 11.6 Å². The number of aryl methyl sites for hydroxylation is 1. The molecule has 0 bridgehead atoms. The Hall–Kier alpha value is -2.37. The van der Waals surface area contributed by atoms with E-state index in [0.717, 1.165) is 56.6 Å². The van der Waals surface area contributed by atoms with Crippen LogP contribution in [0, 0.1) is 5.82 Å². The molecule has 1 N–H and O–H groups in total. The van der Waals surface area contributed by atoms with Gasteiger partial charge in [-0.05, 0) is 92.9 Å². The van der Waals surface area contributed by atoms with E-state index >= 15 is 0 Å². The zero-order valence-electron chi connectivity index (χ0n) is 18.6. The molecule has 0 aliphatic heterocycles. The molecule has 2 rings (SSSR count). The number of carbonyl (C=O) groups is 1. The van der Waals surface area contributed by atoms with Gasteiger partial charge >= 0.3 is 0 Å². The topological polar surface area (TPSA) is 41.6 Å². The first kappa shape index (κ1) is 24.9. The lowest BCUT2D eigenvalue weighted by atomic mass is 10.1. The van der Waals surface area contributed by atoms with Crippen molar-refractivity contribution in [2.24, 2.45) is 0 Å². The van der Waals surface area contributed by atoms with Crippen molar-refractivity contribution in [3.8, 4) is 5.75 Å². The highest BCUT2D eigenvalue weighted by Crippen LogP contribution is 2.24. The Morgan fingerprint density at radius 1 is 1.13 bits per heavy atom. The van der Waals surface area contributed by atoms with Gasteiger partial charge in [-0.15, -0.1) is 0 Å². The third-order valence-electron chi connectivity index (χ3n) is 4.92. The summed E-state index contributed by atoms with van der Waals surface area (Å²) in [4.78, 5) is 14.8. The summed E-state index contributed by atoms with van der Waals surface area (Å²) in [5.41, 5.74) is 2.35. The summed E-state index contributed by atoms with van der Waals surface area (Å²) in [5, 5.41) is 3.13. The zero-order chi connectivity index (χ0) is 22.6. The molecule has 0 saturated heterocycles. The van der Waals surface area contributed by atoms with Gasteiger partial charge in [0, 0.05) is 11.8 Å². The highest BCUT2D eigenvalue weighted by atomic mass is 35.5. The van der Waals surface area contributed by atoms with Crippen LogP contribution in [0.25, 0.3) is 6.08 Å². The average Bonchev–Trinajstić information content (AvgIpc) is 2.73. The van der Waals surface area contributed by atoms with Crippen LogP contribution in [0.5, 0.6) is 5.75 Å². The van der Waals surface area contributed by atoms with E-state index in [4.69, 9.17) is 16.3 Å².